The van der Waals surface area contributed by atoms with Crippen LogP contribution in [0.3, 0.4) is 0 Å². The Morgan fingerprint density at radius 2 is 2.16 bits per heavy atom. The second-order valence-electron chi connectivity index (χ2n) is 4.78. The van der Waals surface area contributed by atoms with Crippen molar-refractivity contribution in [3.8, 4) is 0 Å². The van der Waals surface area contributed by atoms with Gasteiger partial charge >= 0.3 is 0 Å². The lowest BCUT2D eigenvalue weighted by molar-refractivity contribution is -0.121. The zero-order valence-electron chi connectivity index (χ0n) is 11.1. The summed E-state index contributed by atoms with van der Waals surface area (Å²) in [4.78, 5) is 16.0. The van der Waals surface area contributed by atoms with Crippen LogP contribution < -0.4 is 11.1 Å². The van der Waals surface area contributed by atoms with Crippen LogP contribution in [0.5, 0.6) is 0 Å². The van der Waals surface area contributed by atoms with Crippen LogP contribution in [0, 0.1) is 0 Å². The van der Waals surface area contributed by atoms with Crippen molar-refractivity contribution in [3.05, 3.63) is 42.1 Å². The summed E-state index contributed by atoms with van der Waals surface area (Å²) >= 11 is 0. The van der Waals surface area contributed by atoms with Crippen LogP contribution in [0.1, 0.15) is 25.3 Å². The fraction of sp³-hybridized carbons (Fsp3) is 0.333. The zero-order chi connectivity index (χ0) is 13.7. The SMILES string of the molecule is CC(N)CCC(=O)NCc1cccc2cccnc12. The summed E-state index contributed by atoms with van der Waals surface area (Å²) in [5, 5.41) is 4.00. The Bertz CT molecular complexity index is 561. The fourth-order valence-electron chi connectivity index (χ4n) is 1.95. The van der Waals surface area contributed by atoms with E-state index < -0.39 is 0 Å². The maximum absolute atomic E-state index is 11.7. The van der Waals surface area contributed by atoms with Crippen LogP contribution in [0.4, 0.5) is 0 Å². The number of rotatable bonds is 5. The number of aromatic nitrogens is 1. The van der Waals surface area contributed by atoms with Crippen molar-refractivity contribution in [2.75, 3.05) is 0 Å². The summed E-state index contributed by atoms with van der Waals surface area (Å²) in [6.45, 7) is 2.41. The van der Waals surface area contributed by atoms with Gasteiger partial charge in [0, 0.05) is 30.6 Å². The van der Waals surface area contributed by atoms with Crippen LogP contribution >= 0.6 is 0 Å². The number of para-hydroxylation sites is 1. The van der Waals surface area contributed by atoms with Crippen molar-refractivity contribution in [3.63, 3.8) is 0 Å². The van der Waals surface area contributed by atoms with Crippen molar-refractivity contribution < 1.29 is 4.79 Å². The zero-order valence-corrected chi connectivity index (χ0v) is 11.1. The van der Waals surface area contributed by atoms with Crippen LogP contribution in [0.25, 0.3) is 10.9 Å². The Labute approximate surface area is 113 Å². The third-order valence-electron chi connectivity index (χ3n) is 3.02. The lowest BCUT2D eigenvalue weighted by Crippen LogP contribution is -2.25. The highest BCUT2D eigenvalue weighted by Crippen LogP contribution is 2.15. The molecule has 1 aromatic carbocycles. The Balaban J connectivity index is 2.00. The van der Waals surface area contributed by atoms with Gasteiger partial charge in [0.2, 0.25) is 5.91 Å². The molecule has 1 heterocycles. The first-order valence-electron chi connectivity index (χ1n) is 6.51. The van der Waals surface area contributed by atoms with Gasteiger partial charge in [0.25, 0.3) is 0 Å². The summed E-state index contributed by atoms with van der Waals surface area (Å²) in [6.07, 6.45) is 2.94. The molecule has 100 valence electrons. The number of carbonyl (C=O) groups excluding carboxylic acids is 1. The van der Waals surface area contributed by atoms with E-state index in [-0.39, 0.29) is 11.9 Å². The lowest BCUT2D eigenvalue weighted by Gasteiger charge is -2.08. The van der Waals surface area contributed by atoms with Crippen molar-refractivity contribution in [2.24, 2.45) is 5.73 Å². The summed E-state index contributed by atoms with van der Waals surface area (Å²) < 4.78 is 0. The molecule has 1 amide bonds. The lowest BCUT2D eigenvalue weighted by atomic mass is 10.1. The van der Waals surface area contributed by atoms with Crippen LogP contribution in [-0.4, -0.2) is 16.9 Å². The second kappa shape index (κ2) is 6.29. The third-order valence-corrected chi connectivity index (χ3v) is 3.02. The summed E-state index contributed by atoms with van der Waals surface area (Å²) in [5.74, 6) is 0.0326. The van der Waals surface area contributed by atoms with E-state index in [9.17, 15) is 4.79 Å². The Hall–Kier alpha value is -1.94. The predicted octanol–water partition coefficient (Wildman–Crippen LogP) is 1.98. The number of pyridine rings is 1. The number of nitrogens with two attached hydrogens (primary N) is 1. The molecule has 19 heavy (non-hydrogen) atoms. The number of carbonyl (C=O) groups is 1. The first-order chi connectivity index (χ1) is 9.16. The summed E-state index contributed by atoms with van der Waals surface area (Å²) in [6, 6.07) is 9.97. The van der Waals surface area contributed by atoms with Gasteiger partial charge in [-0.15, -0.1) is 0 Å². The van der Waals surface area contributed by atoms with Gasteiger partial charge < -0.3 is 11.1 Å². The third kappa shape index (κ3) is 3.76. The number of nitrogens with zero attached hydrogens (tertiary/aromatic N) is 1. The number of fused-ring (bicyclic) bond motifs is 1. The molecule has 3 N–H and O–H groups in total. The van der Waals surface area contributed by atoms with E-state index in [1.807, 2.05) is 37.3 Å². The van der Waals surface area contributed by atoms with E-state index in [1.165, 1.54) is 0 Å². The molecule has 0 bridgehead atoms. The number of nitrogens with one attached hydrogen (secondary N) is 1. The molecule has 0 saturated carbocycles. The number of hydrogen-bond acceptors (Lipinski definition) is 3. The minimum Gasteiger partial charge on any atom is -0.352 e. The van der Waals surface area contributed by atoms with Gasteiger partial charge in [-0.25, -0.2) is 0 Å². The summed E-state index contributed by atoms with van der Waals surface area (Å²) in [7, 11) is 0. The fourth-order valence-corrected chi connectivity index (χ4v) is 1.95. The molecule has 1 aromatic heterocycles. The van der Waals surface area contributed by atoms with E-state index in [0.717, 1.165) is 16.5 Å². The normalized spacial score (nSPS) is 12.3. The molecule has 4 nitrogen and oxygen atoms in total. The molecule has 1 unspecified atom stereocenters. The molecule has 0 radical (unpaired) electrons. The molecule has 2 rings (SSSR count). The standard InChI is InChI=1S/C15H19N3O/c1-11(16)7-8-14(19)18-10-13-5-2-4-12-6-3-9-17-15(12)13/h2-6,9,11H,7-8,10,16H2,1H3,(H,18,19). The molecule has 1 atom stereocenters. The molecule has 2 aromatic rings. The minimum atomic E-state index is 0.0326. The topological polar surface area (TPSA) is 68.0 Å². The predicted molar refractivity (Wildman–Crippen MR) is 76.5 cm³/mol. The molecule has 0 fully saturated rings. The van der Waals surface area contributed by atoms with Crippen LogP contribution in [0.15, 0.2) is 36.5 Å². The maximum atomic E-state index is 11.7. The van der Waals surface area contributed by atoms with Gasteiger partial charge in [-0.3, -0.25) is 9.78 Å². The van der Waals surface area contributed by atoms with Crippen LogP contribution in [0.2, 0.25) is 0 Å². The molecule has 0 aliphatic heterocycles. The van der Waals surface area contributed by atoms with E-state index >= 15 is 0 Å². The summed E-state index contributed by atoms with van der Waals surface area (Å²) in [5.41, 5.74) is 7.61. The van der Waals surface area contributed by atoms with Crippen molar-refractivity contribution in [2.45, 2.75) is 32.4 Å². The molecule has 0 spiro atoms. The first-order valence-corrected chi connectivity index (χ1v) is 6.51. The first kappa shape index (κ1) is 13.5. The van der Waals surface area contributed by atoms with Crippen molar-refractivity contribution >= 4 is 16.8 Å². The highest BCUT2D eigenvalue weighted by Gasteiger charge is 2.05. The molecule has 4 heteroatoms. The van der Waals surface area contributed by atoms with Gasteiger partial charge in [0.1, 0.15) is 0 Å². The van der Waals surface area contributed by atoms with E-state index in [2.05, 4.69) is 10.3 Å². The highest BCUT2D eigenvalue weighted by atomic mass is 16.1. The average Bonchev–Trinajstić information content (AvgIpc) is 2.42. The number of benzene rings is 1. The quantitative estimate of drug-likeness (QED) is 0.860. The highest BCUT2D eigenvalue weighted by molar-refractivity contribution is 5.82. The van der Waals surface area contributed by atoms with Gasteiger partial charge in [0.15, 0.2) is 0 Å². The van der Waals surface area contributed by atoms with Gasteiger partial charge in [-0.2, -0.15) is 0 Å². The minimum absolute atomic E-state index is 0.0326. The van der Waals surface area contributed by atoms with Gasteiger partial charge in [-0.05, 0) is 25.0 Å². The molecule has 0 aliphatic carbocycles. The Kier molecular flexibility index (Phi) is 4.47. The van der Waals surface area contributed by atoms with E-state index in [1.54, 1.807) is 6.20 Å². The van der Waals surface area contributed by atoms with Gasteiger partial charge in [-0.1, -0.05) is 24.3 Å². The van der Waals surface area contributed by atoms with E-state index in [0.29, 0.717) is 19.4 Å². The molecule has 0 saturated heterocycles. The largest absolute Gasteiger partial charge is 0.352 e. The molecular weight excluding hydrogens is 238 g/mol. The monoisotopic (exact) mass is 257 g/mol. The number of hydrogen-bond donors (Lipinski definition) is 2. The van der Waals surface area contributed by atoms with Crippen LogP contribution in [-0.2, 0) is 11.3 Å². The Morgan fingerprint density at radius 3 is 2.95 bits per heavy atom. The molecule has 0 aliphatic rings. The van der Waals surface area contributed by atoms with Crippen molar-refractivity contribution in [1.82, 2.24) is 10.3 Å². The second-order valence-corrected chi connectivity index (χ2v) is 4.78. The van der Waals surface area contributed by atoms with Gasteiger partial charge in [0.05, 0.1) is 5.52 Å². The smallest absolute Gasteiger partial charge is 0.220 e. The molecular formula is C15H19N3O. The Morgan fingerprint density at radius 1 is 1.37 bits per heavy atom. The van der Waals surface area contributed by atoms with Crippen molar-refractivity contribution in [1.29, 1.82) is 0 Å². The average molecular weight is 257 g/mol. The van der Waals surface area contributed by atoms with E-state index in [4.69, 9.17) is 5.73 Å². The maximum Gasteiger partial charge on any atom is 0.220 e. The number of amides is 1.